The molecule has 3 heteroatoms. The molecule has 0 fully saturated rings. The summed E-state index contributed by atoms with van der Waals surface area (Å²) in [7, 11) is 0. The van der Waals surface area contributed by atoms with Crippen LogP contribution in [0.4, 0.5) is 0 Å². The van der Waals surface area contributed by atoms with E-state index < -0.39 is 5.91 Å². The smallest absolute Gasteiger partial charge is 0.240 e. The molecule has 0 spiro atoms. The van der Waals surface area contributed by atoms with E-state index in [2.05, 4.69) is 0 Å². The Kier molecular flexibility index (Phi) is 2.10. The number of hydrogen-bond donors (Lipinski definition) is 0. The Balaban J connectivity index is 2.35. The van der Waals surface area contributed by atoms with Crippen LogP contribution in [0.15, 0.2) is 24.5 Å². The van der Waals surface area contributed by atoms with E-state index in [1.165, 1.54) is 0 Å². The summed E-state index contributed by atoms with van der Waals surface area (Å²) in [5.74, 6) is -0.506. The summed E-state index contributed by atoms with van der Waals surface area (Å²) in [5, 5.41) is 0. The molecule has 1 amide bonds. The Morgan fingerprint density at radius 3 is 2.50 bits per heavy atom. The SMILES string of the molecule is [NH]C(=O)CCn1cccc1. The van der Waals surface area contributed by atoms with E-state index in [1.54, 1.807) is 0 Å². The number of nitrogens with one attached hydrogen (secondary N) is 1. The zero-order valence-corrected chi connectivity index (χ0v) is 5.58. The van der Waals surface area contributed by atoms with Gasteiger partial charge in [0.15, 0.2) is 0 Å². The van der Waals surface area contributed by atoms with E-state index in [9.17, 15) is 4.79 Å². The van der Waals surface area contributed by atoms with Crippen LogP contribution in [0, 0.1) is 0 Å². The molecular formula is C7H9N2O. The van der Waals surface area contributed by atoms with Gasteiger partial charge in [0.25, 0.3) is 0 Å². The standard InChI is InChI=1S/C7H9N2O/c8-7(10)3-6-9-4-1-2-5-9/h1-2,4-5,8H,3,6H2. The van der Waals surface area contributed by atoms with Crippen molar-refractivity contribution in [3.63, 3.8) is 0 Å². The second-order valence-corrected chi connectivity index (χ2v) is 2.09. The van der Waals surface area contributed by atoms with Crippen molar-refractivity contribution in [1.82, 2.24) is 10.3 Å². The second kappa shape index (κ2) is 3.06. The molecule has 10 heavy (non-hydrogen) atoms. The quantitative estimate of drug-likeness (QED) is 0.604. The van der Waals surface area contributed by atoms with Crippen LogP contribution in [0.25, 0.3) is 0 Å². The number of amides is 1. The van der Waals surface area contributed by atoms with Gasteiger partial charge in [-0.3, -0.25) is 10.5 Å². The van der Waals surface area contributed by atoms with Gasteiger partial charge in [-0.05, 0) is 12.1 Å². The molecule has 1 heterocycles. The van der Waals surface area contributed by atoms with E-state index in [0.29, 0.717) is 13.0 Å². The lowest BCUT2D eigenvalue weighted by Gasteiger charge is -1.96. The Hall–Kier alpha value is -1.25. The fraction of sp³-hybridized carbons (Fsp3) is 0.286. The van der Waals surface area contributed by atoms with Crippen LogP contribution in [0.5, 0.6) is 0 Å². The van der Waals surface area contributed by atoms with Crippen molar-refractivity contribution in [1.29, 1.82) is 0 Å². The highest BCUT2D eigenvalue weighted by Gasteiger charge is 1.93. The summed E-state index contributed by atoms with van der Waals surface area (Å²) < 4.78 is 1.88. The molecule has 1 N–H and O–H groups in total. The lowest BCUT2D eigenvalue weighted by molar-refractivity contribution is -0.118. The third-order valence-electron chi connectivity index (χ3n) is 1.26. The van der Waals surface area contributed by atoms with Gasteiger partial charge in [-0.25, -0.2) is 0 Å². The molecule has 0 saturated heterocycles. The van der Waals surface area contributed by atoms with Gasteiger partial charge < -0.3 is 4.57 Å². The number of carbonyl (C=O) groups excluding carboxylic acids is 1. The van der Waals surface area contributed by atoms with E-state index in [-0.39, 0.29) is 0 Å². The summed E-state index contributed by atoms with van der Waals surface area (Å²) in [5.41, 5.74) is 6.63. The average Bonchev–Trinajstić information content (AvgIpc) is 2.34. The van der Waals surface area contributed by atoms with Crippen molar-refractivity contribution in [2.24, 2.45) is 0 Å². The fourth-order valence-corrected chi connectivity index (χ4v) is 0.750. The first-order chi connectivity index (χ1) is 4.79. The Morgan fingerprint density at radius 2 is 2.00 bits per heavy atom. The molecule has 0 aliphatic carbocycles. The predicted molar refractivity (Wildman–Crippen MR) is 37.2 cm³/mol. The molecule has 1 aromatic rings. The van der Waals surface area contributed by atoms with Crippen molar-refractivity contribution in [2.75, 3.05) is 0 Å². The number of hydrogen-bond acceptors (Lipinski definition) is 1. The number of aromatic nitrogens is 1. The molecule has 1 aromatic heterocycles. The van der Waals surface area contributed by atoms with Gasteiger partial charge in [-0.15, -0.1) is 0 Å². The normalized spacial score (nSPS) is 9.60. The molecule has 0 aromatic carbocycles. The van der Waals surface area contributed by atoms with Gasteiger partial charge in [0, 0.05) is 25.4 Å². The first-order valence-electron chi connectivity index (χ1n) is 3.14. The molecular weight excluding hydrogens is 128 g/mol. The molecule has 53 valence electrons. The van der Waals surface area contributed by atoms with Gasteiger partial charge in [-0.1, -0.05) is 0 Å². The van der Waals surface area contributed by atoms with Crippen LogP contribution in [-0.2, 0) is 11.3 Å². The molecule has 1 rings (SSSR count). The van der Waals surface area contributed by atoms with E-state index >= 15 is 0 Å². The lowest BCUT2D eigenvalue weighted by Crippen LogP contribution is -2.03. The monoisotopic (exact) mass is 137 g/mol. The highest BCUT2D eigenvalue weighted by atomic mass is 16.1. The van der Waals surface area contributed by atoms with Crippen LogP contribution in [-0.4, -0.2) is 10.5 Å². The third kappa shape index (κ3) is 1.93. The molecule has 3 nitrogen and oxygen atoms in total. The summed E-state index contributed by atoms with van der Waals surface area (Å²) >= 11 is 0. The van der Waals surface area contributed by atoms with Crippen molar-refractivity contribution >= 4 is 5.91 Å². The summed E-state index contributed by atoms with van der Waals surface area (Å²) in [4.78, 5) is 10.2. The summed E-state index contributed by atoms with van der Waals surface area (Å²) in [6.07, 6.45) is 4.06. The molecule has 1 radical (unpaired) electrons. The highest BCUT2D eigenvalue weighted by Crippen LogP contribution is 1.91. The zero-order chi connectivity index (χ0) is 7.40. The molecule has 0 saturated carbocycles. The Labute approximate surface area is 59.4 Å². The van der Waals surface area contributed by atoms with Gasteiger partial charge in [-0.2, -0.15) is 0 Å². The molecule has 0 bridgehead atoms. The van der Waals surface area contributed by atoms with Crippen LogP contribution in [0.3, 0.4) is 0 Å². The fourth-order valence-electron chi connectivity index (χ4n) is 0.750. The number of aryl methyl sites for hydroxylation is 1. The first-order valence-corrected chi connectivity index (χ1v) is 3.14. The Morgan fingerprint density at radius 1 is 1.40 bits per heavy atom. The second-order valence-electron chi connectivity index (χ2n) is 2.09. The topological polar surface area (TPSA) is 45.8 Å². The number of carbonyl (C=O) groups is 1. The summed E-state index contributed by atoms with van der Waals surface area (Å²) in [6.45, 7) is 0.620. The maximum atomic E-state index is 10.2. The molecule has 0 aliphatic rings. The largest absolute Gasteiger partial charge is 0.354 e. The number of rotatable bonds is 3. The van der Waals surface area contributed by atoms with Crippen LogP contribution < -0.4 is 5.73 Å². The summed E-state index contributed by atoms with van der Waals surface area (Å²) in [6, 6.07) is 3.79. The van der Waals surface area contributed by atoms with Crippen LogP contribution >= 0.6 is 0 Å². The molecule has 0 unspecified atom stereocenters. The van der Waals surface area contributed by atoms with Crippen molar-refractivity contribution in [2.45, 2.75) is 13.0 Å². The number of nitrogens with zero attached hydrogens (tertiary/aromatic N) is 1. The van der Waals surface area contributed by atoms with E-state index in [1.807, 2.05) is 29.1 Å². The maximum Gasteiger partial charge on any atom is 0.240 e. The lowest BCUT2D eigenvalue weighted by atomic mass is 10.4. The van der Waals surface area contributed by atoms with Crippen LogP contribution in [0.1, 0.15) is 6.42 Å². The van der Waals surface area contributed by atoms with Crippen molar-refractivity contribution in [3.05, 3.63) is 24.5 Å². The van der Waals surface area contributed by atoms with Crippen molar-refractivity contribution in [3.8, 4) is 0 Å². The minimum Gasteiger partial charge on any atom is -0.354 e. The van der Waals surface area contributed by atoms with E-state index in [0.717, 1.165) is 0 Å². The predicted octanol–water partition coefficient (Wildman–Crippen LogP) is 0.688. The minimum absolute atomic E-state index is 0.300. The third-order valence-corrected chi connectivity index (χ3v) is 1.26. The minimum atomic E-state index is -0.506. The zero-order valence-electron chi connectivity index (χ0n) is 5.58. The van der Waals surface area contributed by atoms with Crippen molar-refractivity contribution < 1.29 is 4.79 Å². The molecule has 0 aliphatic heterocycles. The maximum absolute atomic E-state index is 10.2. The van der Waals surface area contributed by atoms with Gasteiger partial charge in [0.1, 0.15) is 0 Å². The van der Waals surface area contributed by atoms with E-state index in [4.69, 9.17) is 5.73 Å². The van der Waals surface area contributed by atoms with Crippen LogP contribution in [0.2, 0.25) is 0 Å². The molecule has 0 atom stereocenters. The van der Waals surface area contributed by atoms with Gasteiger partial charge >= 0.3 is 0 Å². The Bertz CT molecular complexity index is 203. The van der Waals surface area contributed by atoms with Gasteiger partial charge in [0.05, 0.1) is 0 Å². The average molecular weight is 137 g/mol. The first kappa shape index (κ1) is 6.86. The van der Waals surface area contributed by atoms with Gasteiger partial charge in [0.2, 0.25) is 5.91 Å². The highest BCUT2D eigenvalue weighted by molar-refractivity contribution is 5.72.